The van der Waals surface area contributed by atoms with Crippen LogP contribution in [0.1, 0.15) is 25.7 Å². The molecule has 1 aliphatic heterocycles. The van der Waals surface area contributed by atoms with Crippen LogP contribution in [-0.4, -0.2) is 67.4 Å². The Morgan fingerprint density at radius 2 is 2.05 bits per heavy atom. The van der Waals surface area contributed by atoms with E-state index < -0.39 is 28.2 Å². The van der Waals surface area contributed by atoms with Gasteiger partial charge >= 0.3 is 11.9 Å². The molecule has 0 aliphatic carbocycles. The van der Waals surface area contributed by atoms with E-state index in [1.807, 2.05) is 0 Å². The number of esters is 1. The molecule has 1 aliphatic rings. The van der Waals surface area contributed by atoms with Crippen molar-refractivity contribution in [2.75, 3.05) is 27.2 Å². The van der Waals surface area contributed by atoms with Gasteiger partial charge in [0, 0.05) is 20.1 Å². The molecule has 1 heterocycles. The third-order valence-corrected chi connectivity index (χ3v) is 5.26. The van der Waals surface area contributed by atoms with Gasteiger partial charge in [-0.2, -0.15) is 17.0 Å². The predicted octanol–water partition coefficient (Wildman–Crippen LogP) is -0.335. The number of carbonyl (C=O) groups excluding carboxylic acids is 1. The second-order valence-electron chi connectivity index (χ2n) is 4.62. The summed E-state index contributed by atoms with van der Waals surface area (Å²) in [4.78, 5) is 22.2. The van der Waals surface area contributed by atoms with Crippen molar-refractivity contribution in [1.29, 1.82) is 0 Å². The average molecular weight is 308 g/mol. The highest BCUT2D eigenvalue weighted by atomic mass is 32.2. The molecule has 1 N–H and O–H groups in total. The van der Waals surface area contributed by atoms with Gasteiger partial charge in [-0.15, -0.1) is 0 Å². The summed E-state index contributed by atoms with van der Waals surface area (Å²) in [6.07, 6.45) is 1.55. The maximum Gasteiger partial charge on any atom is 0.324 e. The van der Waals surface area contributed by atoms with Crippen molar-refractivity contribution in [2.24, 2.45) is 0 Å². The van der Waals surface area contributed by atoms with Crippen LogP contribution in [0.25, 0.3) is 0 Å². The van der Waals surface area contributed by atoms with Crippen LogP contribution in [0, 0.1) is 0 Å². The van der Waals surface area contributed by atoms with Gasteiger partial charge in [-0.1, -0.05) is 0 Å². The van der Waals surface area contributed by atoms with E-state index >= 15 is 0 Å². The first-order valence-corrected chi connectivity index (χ1v) is 7.73. The Balaban J connectivity index is 2.86. The Labute approximate surface area is 118 Å². The van der Waals surface area contributed by atoms with Crippen LogP contribution in [0.3, 0.4) is 0 Å². The maximum atomic E-state index is 12.4. The highest BCUT2D eigenvalue weighted by Gasteiger charge is 2.39. The van der Waals surface area contributed by atoms with Crippen molar-refractivity contribution in [3.63, 3.8) is 0 Å². The van der Waals surface area contributed by atoms with E-state index in [-0.39, 0.29) is 19.5 Å². The average Bonchev–Trinajstić information content (AvgIpc) is 2.43. The topological polar surface area (TPSA) is 104 Å². The fourth-order valence-electron chi connectivity index (χ4n) is 2.10. The van der Waals surface area contributed by atoms with Gasteiger partial charge in [-0.25, -0.2) is 0 Å². The summed E-state index contributed by atoms with van der Waals surface area (Å²) in [5, 5.41) is 8.61. The third kappa shape index (κ3) is 3.90. The zero-order valence-electron chi connectivity index (χ0n) is 11.6. The molecule has 0 spiro atoms. The fourth-order valence-corrected chi connectivity index (χ4v) is 3.65. The van der Waals surface area contributed by atoms with Gasteiger partial charge in [0.2, 0.25) is 0 Å². The van der Waals surface area contributed by atoms with Crippen LogP contribution >= 0.6 is 0 Å². The number of hydrogen-bond acceptors (Lipinski definition) is 5. The zero-order valence-corrected chi connectivity index (χ0v) is 12.4. The predicted molar refractivity (Wildman–Crippen MR) is 70.2 cm³/mol. The quantitative estimate of drug-likeness (QED) is 0.673. The first-order chi connectivity index (χ1) is 9.30. The van der Waals surface area contributed by atoms with E-state index in [9.17, 15) is 18.0 Å². The molecule has 0 saturated carbocycles. The van der Waals surface area contributed by atoms with Gasteiger partial charge < -0.3 is 9.84 Å². The SMILES string of the molecule is COC(=O)C1CCCCN1S(=O)(=O)N(C)CCC(=O)O. The Morgan fingerprint density at radius 1 is 1.40 bits per heavy atom. The molecule has 0 aromatic heterocycles. The lowest BCUT2D eigenvalue weighted by Crippen LogP contribution is -2.53. The Bertz CT molecular complexity index is 464. The number of ether oxygens (including phenoxy) is 1. The summed E-state index contributed by atoms with van der Waals surface area (Å²) in [5.41, 5.74) is 0. The van der Waals surface area contributed by atoms with Crippen molar-refractivity contribution in [3.8, 4) is 0 Å². The smallest absolute Gasteiger partial charge is 0.324 e. The Morgan fingerprint density at radius 3 is 2.60 bits per heavy atom. The van der Waals surface area contributed by atoms with Crippen LogP contribution in [0.2, 0.25) is 0 Å². The highest BCUT2D eigenvalue weighted by molar-refractivity contribution is 7.86. The summed E-state index contributed by atoms with van der Waals surface area (Å²) in [6, 6.07) is -0.828. The number of carbonyl (C=O) groups is 2. The summed E-state index contributed by atoms with van der Waals surface area (Å²) >= 11 is 0. The number of aliphatic carboxylic acids is 1. The molecule has 0 bridgehead atoms. The van der Waals surface area contributed by atoms with Crippen molar-refractivity contribution < 1.29 is 27.9 Å². The van der Waals surface area contributed by atoms with Crippen molar-refractivity contribution in [1.82, 2.24) is 8.61 Å². The molecule has 0 amide bonds. The molecule has 0 radical (unpaired) electrons. The van der Waals surface area contributed by atoms with Gasteiger partial charge in [0.1, 0.15) is 6.04 Å². The van der Waals surface area contributed by atoms with E-state index in [1.165, 1.54) is 14.2 Å². The summed E-state index contributed by atoms with van der Waals surface area (Å²) in [7, 11) is -1.33. The number of rotatable bonds is 6. The van der Waals surface area contributed by atoms with E-state index in [1.54, 1.807) is 0 Å². The first kappa shape index (κ1) is 16.9. The molecule has 9 heteroatoms. The molecule has 1 fully saturated rings. The van der Waals surface area contributed by atoms with Gasteiger partial charge in [0.25, 0.3) is 10.2 Å². The van der Waals surface area contributed by atoms with Crippen LogP contribution in [-0.2, 0) is 24.5 Å². The molecule has 116 valence electrons. The summed E-state index contributed by atoms with van der Waals surface area (Å²) in [5.74, 6) is -1.66. The van der Waals surface area contributed by atoms with E-state index in [0.717, 1.165) is 15.0 Å². The minimum Gasteiger partial charge on any atom is -0.481 e. The van der Waals surface area contributed by atoms with E-state index in [2.05, 4.69) is 4.74 Å². The lowest BCUT2D eigenvalue weighted by molar-refractivity contribution is -0.146. The normalized spacial score (nSPS) is 20.9. The van der Waals surface area contributed by atoms with Crippen LogP contribution < -0.4 is 0 Å². The fraction of sp³-hybridized carbons (Fsp3) is 0.818. The first-order valence-electron chi connectivity index (χ1n) is 6.33. The summed E-state index contributed by atoms with van der Waals surface area (Å²) in [6.45, 7) is 0.0988. The van der Waals surface area contributed by atoms with Crippen molar-refractivity contribution in [2.45, 2.75) is 31.7 Å². The van der Waals surface area contributed by atoms with Crippen molar-refractivity contribution in [3.05, 3.63) is 0 Å². The maximum absolute atomic E-state index is 12.4. The number of hydrogen-bond donors (Lipinski definition) is 1. The molecule has 1 rings (SSSR count). The molecule has 1 saturated heterocycles. The van der Waals surface area contributed by atoms with Gasteiger partial charge in [-0.3, -0.25) is 9.59 Å². The molecule has 1 atom stereocenters. The monoisotopic (exact) mass is 308 g/mol. The number of piperidine rings is 1. The molecule has 0 aromatic rings. The molecular weight excluding hydrogens is 288 g/mol. The molecule has 1 unspecified atom stereocenters. The van der Waals surface area contributed by atoms with E-state index in [0.29, 0.717) is 12.8 Å². The molecule has 8 nitrogen and oxygen atoms in total. The number of methoxy groups -OCH3 is 1. The van der Waals surface area contributed by atoms with Gasteiger partial charge in [0.15, 0.2) is 0 Å². The zero-order chi connectivity index (χ0) is 15.3. The molecule has 20 heavy (non-hydrogen) atoms. The number of carboxylic acid groups (broad SMARTS) is 1. The minimum absolute atomic E-state index is 0.137. The van der Waals surface area contributed by atoms with Crippen LogP contribution in [0.4, 0.5) is 0 Å². The lowest BCUT2D eigenvalue weighted by atomic mass is 10.1. The highest BCUT2D eigenvalue weighted by Crippen LogP contribution is 2.23. The molecular formula is C11H20N2O6S. The minimum atomic E-state index is -3.86. The Hall–Kier alpha value is -1.19. The van der Waals surface area contributed by atoms with Crippen LogP contribution in [0.5, 0.6) is 0 Å². The second-order valence-corrected chi connectivity index (χ2v) is 6.61. The summed E-state index contributed by atoms with van der Waals surface area (Å²) < 4.78 is 31.5. The second kappa shape index (κ2) is 7.00. The number of carboxylic acids is 1. The van der Waals surface area contributed by atoms with Gasteiger partial charge in [-0.05, 0) is 19.3 Å². The Kier molecular flexibility index (Phi) is 5.90. The van der Waals surface area contributed by atoms with E-state index in [4.69, 9.17) is 5.11 Å². The lowest BCUT2D eigenvalue weighted by Gasteiger charge is -2.35. The third-order valence-electron chi connectivity index (χ3n) is 3.26. The standard InChI is InChI=1S/C11H20N2O6S/c1-12(8-6-10(14)15)20(17,18)13-7-4-3-5-9(13)11(16)19-2/h9H,3-8H2,1-2H3,(H,14,15). The molecule has 0 aromatic carbocycles. The number of nitrogens with zero attached hydrogens (tertiary/aromatic N) is 2. The van der Waals surface area contributed by atoms with Gasteiger partial charge in [0.05, 0.1) is 13.5 Å². The largest absolute Gasteiger partial charge is 0.481 e. The van der Waals surface area contributed by atoms with Crippen molar-refractivity contribution >= 4 is 22.1 Å². The van der Waals surface area contributed by atoms with Crippen LogP contribution in [0.15, 0.2) is 0 Å².